The summed E-state index contributed by atoms with van der Waals surface area (Å²) >= 11 is 0. The lowest BCUT2D eigenvalue weighted by Gasteiger charge is -2.04. The molecule has 0 radical (unpaired) electrons. The Balaban J connectivity index is 2.64. The summed E-state index contributed by atoms with van der Waals surface area (Å²) in [5.41, 5.74) is 2.58. The van der Waals surface area contributed by atoms with Crippen molar-refractivity contribution < 1.29 is 4.74 Å². The standard InChI is InChI=1S/C13H18O/c1-11(2)10-13-6-4-12(5-7-13)8-9-14-3/h4-9,11H,10H2,1-3H3/b9-8-. The zero-order chi connectivity index (χ0) is 10.4. The van der Waals surface area contributed by atoms with Crippen molar-refractivity contribution in [3.63, 3.8) is 0 Å². The van der Waals surface area contributed by atoms with Gasteiger partial charge < -0.3 is 4.74 Å². The maximum Gasteiger partial charge on any atom is 0.0830 e. The molecule has 0 aliphatic heterocycles. The van der Waals surface area contributed by atoms with E-state index < -0.39 is 0 Å². The van der Waals surface area contributed by atoms with Crippen molar-refractivity contribution in [1.29, 1.82) is 0 Å². The minimum atomic E-state index is 0.718. The topological polar surface area (TPSA) is 9.23 Å². The van der Waals surface area contributed by atoms with Crippen LogP contribution < -0.4 is 0 Å². The number of ether oxygens (including phenoxy) is 1. The summed E-state index contributed by atoms with van der Waals surface area (Å²) in [5.74, 6) is 0.718. The van der Waals surface area contributed by atoms with Crippen LogP contribution in [0, 0.1) is 5.92 Å². The summed E-state index contributed by atoms with van der Waals surface area (Å²) < 4.78 is 4.86. The van der Waals surface area contributed by atoms with Crippen molar-refractivity contribution in [2.24, 2.45) is 5.92 Å². The first kappa shape index (κ1) is 10.8. The van der Waals surface area contributed by atoms with Crippen LogP contribution in [-0.4, -0.2) is 7.11 Å². The average Bonchev–Trinajstić information content (AvgIpc) is 2.16. The van der Waals surface area contributed by atoms with Crippen LogP contribution in [0.25, 0.3) is 6.08 Å². The van der Waals surface area contributed by atoms with Crippen molar-refractivity contribution in [3.8, 4) is 0 Å². The number of hydrogen-bond acceptors (Lipinski definition) is 1. The number of methoxy groups -OCH3 is 1. The van der Waals surface area contributed by atoms with Gasteiger partial charge in [-0.15, -0.1) is 0 Å². The van der Waals surface area contributed by atoms with Crippen molar-refractivity contribution >= 4 is 6.08 Å². The first-order chi connectivity index (χ1) is 6.72. The molecule has 1 heteroatoms. The van der Waals surface area contributed by atoms with Gasteiger partial charge in [0.1, 0.15) is 0 Å². The lowest BCUT2D eigenvalue weighted by Crippen LogP contribution is -1.93. The van der Waals surface area contributed by atoms with E-state index in [0.717, 1.165) is 12.3 Å². The second kappa shape index (κ2) is 5.48. The first-order valence-corrected chi connectivity index (χ1v) is 5.00. The van der Waals surface area contributed by atoms with Gasteiger partial charge in [0.05, 0.1) is 13.4 Å². The largest absolute Gasteiger partial charge is 0.504 e. The quantitative estimate of drug-likeness (QED) is 0.660. The monoisotopic (exact) mass is 190 g/mol. The summed E-state index contributed by atoms with van der Waals surface area (Å²) in [7, 11) is 1.66. The summed E-state index contributed by atoms with van der Waals surface area (Å²) in [5, 5.41) is 0. The molecule has 1 nitrogen and oxygen atoms in total. The smallest absolute Gasteiger partial charge is 0.0830 e. The van der Waals surface area contributed by atoms with Crippen LogP contribution in [-0.2, 0) is 11.2 Å². The van der Waals surface area contributed by atoms with E-state index in [1.807, 2.05) is 6.08 Å². The summed E-state index contributed by atoms with van der Waals surface area (Å²) in [4.78, 5) is 0. The Morgan fingerprint density at radius 3 is 2.36 bits per heavy atom. The molecule has 0 N–H and O–H groups in total. The Labute approximate surface area is 86.4 Å². The maximum atomic E-state index is 4.86. The average molecular weight is 190 g/mol. The van der Waals surface area contributed by atoms with Crippen molar-refractivity contribution in [2.45, 2.75) is 20.3 Å². The van der Waals surface area contributed by atoms with Gasteiger partial charge in [0.15, 0.2) is 0 Å². The maximum absolute atomic E-state index is 4.86. The Morgan fingerprint density at radius 2 is 1.86 bits per heavy atom. The predicted octanol–water partition coefficient (Wildman–Crippen LogP) is 3.50. The van der Waals surface area contributed by atoms with Gasteiger partial charge in [-0.1, -0.05) is 38.1 Å². The third kappa shape index (κ3) is 3.65. The zero-order valence-corrected chi connectivity index (χ0v) is 9.16. The molecule has 0 aromatic heterocycles. The van der Waals surface area contributed by atoms with Crippen LogP contribution in [0.2, 0.25) is 0 Å². The van der Waals surface area contributed by atoms with Crippen molar-refractivity contribution in [2.75, 3.05) is 7.11 Å². The van der Waals surface area contributed by atoms with Crippen molar-refractivity contribution in [3.05, 3.63) is 41.7 Å². The number of benzene rings is 1. The molecule has 0 saturated heterocycles. The molecule has 0 aliphatic rings. The van der Waals surface area contributed by atoms with Gasteiger partial charge in [-0.3, -0.25) is 0 Å². The molecule has 0 atom stereocenters. The van der Waals surface area contributed by atoms with E-state index >= 15 is 0 Å². The van der Waals surface area contributed by atoms with Gasteiger partial charge in [0.25, 0.3) is 0 Å². The molecule has 0 spiro atoms. The van der Waals surface area contributed by atoms with E-state index in [4.69, 9.17) is 4.74 Å². The van der Waals surface area contributed by atoms with Gasteiger partial charge in [0, 0.05) is 0 Å². The third-order valence-electron chi connectivity index (χ3n) is 2.02. The Morgan fingerprint density at radius 1 is 1.21 bits per heavy atom. The molecule has 0 saturated carbocycles. The molecule has 1 rings (SSSR count). The van der Waals surface area contributed by atoms with Crippen LogP contribution in [0.1, 0.15) is 25.0 Å². The van der Waals surface area contributed by atoms with Crippen LogP contribution in [0.3, 0.4) is 0 Å². The Kier molecular flexibility index (Phi) is 4.24. The molecule has 0 bridgehead atoms. The SMILES string of the molecule is CO/C=C\c1ccc(CC(C)C)cc1. The fourth-order valence-corrected chi connectivity index (χ4v) is 1.38. The molecule has 0 unspecified atom stereocenters. The van der Waals surface area contributed by atoms with Gasteiger partial charge >= 0.3 is 0 Å². The fourth-order valence-electron chi connectivity index (χ4n) is 1.38. The van der Waals surface area contributed by atoms with E-state index in [-0.39, 0.29) is 0 Å². The Hall–Kier alpha value is -1.24. The lowest BCUT2D eigenvalue weighted by atomic mass is 10.0. The van der Waals surface area contributed by atoms with Crippen LogP contribution in [0.4, 0.5) is 0 Å². The summed E-state index contributed by atoms with van der Waals surface area (Å²) in [6.45, 7) is 4.47. The highest BCUT2D eigenvalue weighted by atomic mass is 16.5. The number of hydrogen-bond donors (Lipinski definition) is 0. The molecule has 0 heterocycles. The molecular weight excluding hydrogens is 172 g/mol. The molecule has 1 aromatic rings. The third-order valence-corrected chi connectivity index (χ3v) is 2.02. The van der Waals surface area contributed by atoms with Gasteiger partial charge in [0.2, 0.25) is 0 Å². The van der Waals surface area contributed by atoms with Crippen molar-refractivity contribution in [1.82, 2.24) is 0 Å². The number of rotatable bonds is 4. The van der Waals surface area contributed by atoms with E-state index in [1.165, 1.54) is 11.1 Å². The van der Waals surface area contributed by atoms with E-state index in [0.29, 0.717) is 0 Å². The van der Waals surface area contributed by atoms with E-state index in [1.54, 1.807) is 13.4 Å². The van der Waals surface area contributed by atoms with E-state index in [9.17, 15) is 0 Å². The molecule has 0 amide bonds. The fraction of sp³-hybridized carbons (Fsp3) is 0.385. The molecule has 0 aliphatic carbocycles. The van der Waals surface area contributed by atoms with Crippen LogP contribution in [0.5, 0.6) is 0 Å². The minimum absolute atomic E-state index is 0.718. The highest BCUT2D eigenvalue weighted by Gasteiger charge is 1.96. The molecule has 14 heavy (non-hydrogen) atoms. The van der Waals surface area contributed by atoms with E-state index in [2.05, 4.69) is 38.1 Å². The van der Waals surface area contributed by atoms with Crippen LogP contribution in [0.15, 0.2) is 30.5 Å². The van der Waals surface area contributed by atoms with Crippen LogP contribution >= 0.6 is 0 Å². The predicted molar refractivity (Wildman–Crippen MR) is 61.0 cm³/mol. The first-order valence-electron chi connectivity index (χ1n) is 5.00. The second-order valence-electron chi connectivity index (χ2n) is 3.88. The lowest BCUT2D eigenvalue weighted by molar-refractivity contribution is 0.341. The van der Waals surface area contributed by atoms with Gasteiger partial charge in [-0.2, -0.15) is 0 Å². The summed E-state index contributed by atoms with van der Waals surface area (Å²) in [6, 6.07) is 8.59. The molecule has 0 fully saturated rings. The second-order valence-corrected chi connectivity index (χ2v) is 3.88. The Bertz CT molecular complexity index is 283. The minimum Gasteiger partial charge on any atom is -0.504 e. The molecule has 1 aromatic carbocycles. The molecular formula is C13H18O. The highest BCUT2D eigenvalue weighted by Crippen LogP contribution is 2.10. The van der Waals surface area contributed by atoms with Gasteiger partial charge in [-0.25, -0.2) is 0 Å². The summed E-state index contributed by atoms with van der Waals surface area (Å²) in [6.07, 6.45) is 4.80. The normalized spacial score (nSPS) is 11.1. The zero-order valence-electron chi connectivity index (χ0n) is 9.16. The highest BCUT2D eigenvalue weighted by molar-refractivity contribution is 5.48. The van der Waals surface area contributed by atoms with Gasteiger partial charge in [-0.05, 0) is 29.5 Å². The molecule has 76 valence electrons.